The number of allylic oxidation sites excluding steroid dienone is 3. The summed E-state index contributed by atoms with van der Waals surface area (Å²) in [7, 11) is 10.5. The van der Waals surface area contributed by atoms with Crippen molar-refractivity contribution in [3.05, 3.63) is 46.5 Å². The van der Waals surface area contributed by atoms with Crippen molar-refractivity contribution in [1.29, 1.82) is 0 Å². The maximum absolute atomic E-state index is 14.2. The normalized spacial score (nSPS) is 30.0. The molecule has 15 nitrogen and oxygen atoms in total. The lowest BCUT2D eigenvalue weighted by Crippen LogP contribution is -2.72. The molecule has 2 saturated heterocycles. The van der Waals surface area contributed by atoms with E-state index in [9.17, 15) is 29.1 Å². The van der Waals surface area contributed by atoms with E-state index in [0.717, 1.165) is 11.1 Å². The molecule has 0 spiro atoms. The van der Waals surface area contributed by atoms with Crippen LogP contribution in [0.15, 0.2) is 35.9 Å². The lowest BCUT2D eigenvalue weighted by atomic mass is 9.72. The zero-order valence-corrected chi connectivity index (χ0v) is 37.5. The van der Waals surface area contributed by atoms with Crippen LogP contribution >= 0.6 is 33.2 Å². The quantitative estimate of drug-likeness (QED) is 0.175. The van der Waals surface area contributed by atoms with E-state index in [1.54, 1.807) is 80.7 Å². The van der Waals surface area contributed by atoms with Crippen LogP contribution in [0.5, 0.6) is 5.75 Å². The summed E-state index contributed by atoms with van der Waals surface area (Å²) >= 11 is 6.78. The van der Waals surface area contributed by atoms with Gasteiger partial charge >= 0.3 is 12.1 Å². The number of nitrogens with one attached hydrogen (secondary N) is 1. The Morgan fingerprint density at radius 2 is 1.79 bits per heavy atom. The van der Waals surface area contributed by atoms with Gasteiger partial charge in [-0.05, 0) is 65.0 Å². The van der Waals surface area contributed by atoms with Gasteiger partial charge in [0.05, 0.1) is 19.2 Å². The number of benzene rings is 1. The summed E-state index contributed by atoms with van der Waals surface area (Å²) in [5.41, 5.74) is -2.32. The second-order valence-corrected chi connectivity index (χ2v) is 18.6. The number of hydrogen-bond donors (Lipinski definition) is 2. The molecule has 0 aliphatic carbocycles. The van der Waals surface area contributed by atoms with Gasteiger partial charge in [0.15, 0.2) is 5.72 Å². The Hall–Kier alpha value is -3.48. The zero-order chi connectivity index (χ0) is 43.3. The highest BCUT2D eigenvalue weighted by molar-refractivity contribution is 8.76. The number of aliphatic hydroxyl groups is 1. The lowest BCUT2D eigenvalue weighted by Gasteiger charge is -2.59. The maximum atomic E-state index is 14.2. The Morgan fingerprint density at radius 3 is 2.41 bits per heavy atom. The largest absolute Gasteiger partial charge is 0.495 e. The van der Waals surface area contributed by atoms with Crippen LogP contribution in [0, 0.1) is 0 Å². The predicted octanol–water partition coefficient (Wildman–Crippen LogP) is 4.91. The second-order valence-electron chi connectivity index (χ2n) is 15.5. The number of nitrogens with zero attached hydrogens (tertiary/aromatic N) is 3. The standard InChI is InChI=1S/C40H57ClN4O11S2/c1-23-13-12-14-29(53-10)40(51)21-31(55-37(50)42-40)39(5)22-38(4,56-39)30(20-33(47)45(8)27-18-26(17-23)19-28(52-9)34(27)41)54-36(49)25(3)44(7)35(48)24(2)43(6)32(46)15-16-58-57-11/h12-14,18-19,24-25,29-31,51H,15-17,20-22H2,1-11H3,(H,42,50)/b14-12+,23-13+. The highest BCUT2D eigenvalue weighted by Crippen LogP contribution is 2.50. The van der Waals surface area contributed by atoms with Gasteiger partial charge in [0.2, 0.25) is 17.7 Å². The molecule has 4 amide bonds. The number of amides is 4. The molecule has 0 radical (unpaired) electrons. The van der Waals surface area contributed by atoms with E-state index in [2.05, 4.69) is 5.32 Å². The highest BCUT2D eigenvalue weighted by atomic mass is 35.5. The number of halogens is 1. The fourth-order valence-electron chi connectivity index (χ4n) is 7.55. The summed E-state index contributed by atoms with van der Waals surface area (Å²) in [5, 5.41) is 14.5. The van der Waals surface area contributed by atoms with Crippen LogP contribution in [0.1, 0.15) is 65.9 Å². The third kappa shape index (κ3) is 10.4. The van der Waals surface area contributed by atoms with E-state index in [1.165, 1.54) is 42.9 Å². The van der Waals surface area contributed by atoms with E-state index in [4.69, 9.17) is 35.3 Å². The predicted molar refractivity (Wildman–Crippen MR) is 224 cm³/mol. The number of carbonyl (C=O) groups excluding carboxylic acids is 5. The molecule has 4 heterocycles. The minimum atomic E-state index is -1.88. The van der Waals surface area contributed by atoms with E-state index < -0.39 is 71.2 Å². The Bertz CT molecular complexity index is 1790. The first-order chi connectivity index (χ1) is 27.1. The lowest BCUT2D eigenvalue weighted by molar-refractivity contribution is -0.328. The van der Waals surface area contributed by atoms with E-state index in [1.807, 2.05) is 19.3 Å². The van der Waals surface area contributed by atoms with Crippen LogP contribution in [0.4, 0.5) is 10.5 Å². The van der Waals surface area contributed by atoms with E-state index >= 15 is 0 Å². The molecule has 8 atom stereocenters. The number of alkyl carbamates (subject to hydrolysis) is 1. The summed E-state index contributed by atoms with van der Waals surface area (Å²) < 4.78 is 29.6. The fraction of sp³-hybridized carbons (Fsp3) is 0.625. The number of fused-ring (bicyclic) bond motifs is 6. The van der Waals surface area contributed by atoms with E-state index in [0.29, 0.717) is 23.6 Å². The summed E-state index contributed by atoms with van der Waals surface area (Å²) in [4.78, 5) is 71.4. The average molecular weight is 869 g/mol. The monoisotopic (exact) mass is 868 g/mol. The smallest absolute Gasteiger partial charge is 0.409 e. The minimum Gasteiger partial charge on any atom is -0.495 e. The number of methoxy groups -OCH3 is 2. The van der Waals surface area contributed by atoms with Gasteiger partial charge in [0.1, 0.15) is 52.4 Å². The number of carbonyl (C=O) groups is 5. The van der Waals surface area contributed by atoms with Crippen molar-refractivity contribution in [2.75, 3.05) is 52.3 Å². The summed E-state index contributed by atoms with van der Waals surface area (Å²) in [5.74, 6) is -1.03. The molecule has 322 valence electrons. The summed E-state index contributed by atoms with van der Waals surface area (Å²) in [6.45, 7) is 8.40. The number of rotatable bonds is 11. The van der Waals surface area contributed by atoms with Crippen LogP contribution in [-0.4, -0.2) is 139 Å². The van der Waals surface area contributed by atoms with Crippen molar-refractivity contribution in [2.24, 2.45) is 0 Å². The molecular formula is C40H57ClN4O11S2. The Kier molecular flexibility index (Phi) is 15.7. The van der Waals surface area contributed by atoms with Gasteiger partial charge in [-0.3, -0.25) is 19.7 Å². The van der Waals surface area contributed by atoms with Crippen LogP contribution in [0.3, 0.4) is 0 Å². The molecule has 2 N–H and O–H groups in total. The van der Waals surface area contributed by atoms with Crippen LogP contribution in [-0.2, 0) is 44.5 Å². The van der Waals surface area contributed by atoms with Crippen molar-refractivity contribution in [2.45, 2.75) is 114 Å². The number of ether oxygens (including phenoxy) is 5. The topological polar surface area (TPSA) is 173 Å². The molecule has 8 unspecified atom stereocenters. The number of likely N-dealkylation sites (N-methyl/N-ethyl adjacent to an activating group) is 2. The van der Waals surface area contributed by atoms with Gasteiger partial charge in [-0.25, -0.2) is 9.59 Å². The van der Waals surface area contributed by atoms with Crippen molar-refractivity contribution in [3.63, 3.8) is 0 Å². The molecular weight excluding hydrogens is 812 g/mol. The van der Waals surface area contributed by atoms with Gasteiger partial charge in [-0.1, -0.05) is 57.0 Å². The molecule has 2 fully saturated rings. The SMILES string of the molecule is COc1cc2cc(c1Cl)N(C)C(=O)CC(OC(=O)C(C)N(C)C(=O)C(C)N(C)C(=O)CCSSC)C1(C)CC(C)(O1)C1CC(O)(NC(=O)O1)C(OC)/C=C/C=C(\C)C2. The Morgan fingerprint density at radius 1 is 1.12 bits per heavy atom. The minimum absolute atomic E-state index is 0.122. The molecule has 6 bridgehead atoms. The highest BCUT2D eigenvalue weighted by Gasteiger charge is 2.63. The second kappa shape index (κ2) is 19.3. The fourth-order valence-corrected chi connectivity index (χ4v) is 9.04. The van der Waals surface area contributed by atoms with Gasteiger partial charge in [0.25, 0.3) is 0 Å². The number of anilines is 1. The third-order valence-corrected chi connectivity index (χ3v) is 13.4. The Labute approximate surface area is 353 Å². The Balaban J connectivity index is 1.70. The van der Waals surface area contributed by atoms with E-state index in [-0.39, 0.29) is 36.6 Å². The molecule has 58 heavy (non-hydrogen) atoms. The number of hydrogen-bond acceptors (Lipinski definition) is 13. The first-order valence-corrected chi connectivity index (χ1v) is 22.0. The molecule has 5 rings (SSSR count). The van der Waals surface area contributed by atoms with Gasteiger partial charge in [0, 0.05) is 53.3 Å². The zero-order valence-electron chi connectivity index (χ0n) is 35.1. The first-order valence-electron chi connectivity index (χ1n) is 18.9. The van der Waals surface area contributed by atoms with Gasteiger partial charge < -0.3 is 43.5 Å². The molecule has 4 aliphatic rings. The maximum Gasteiger partial charge on any atom is 0.409 e. The van der Waals surface area contributed by atoms with Crippen molar-refractivity contribution >= 4 is 68.7 Å². The third-order valence-electron chi connectivity index (χ3n) is 11.2. The molecule has 1 aromatic rings. The molecule has 0 saturated carbocycles. The van der Waals surface area contributed by atoms with Gasteiger partial charge in [-0.15, -0.1) is 0 Å². The molecule has 18 heteroatoms. The summed E-state index contributed by atoms with van der Waals surface area (Å²) in [6, 6.07) is 1.56. The van der Waals surface area contributed by atoms with Crippen LogP contribution < -0.4 is 15.0 Å². The molecule has 4 aliphatic heterocycles. The van der Waals surface area contributed by atoms with Crippen molar-refractivity contribution in [3.8, 4) is 5.75 Å². The molecule has 1 aromatic carbocycles. The van der Waals surface area contributed by atoms with Gasteiger partial charge in [-0.2, -0.15) is 0 Å². The van der Waals surface area contributed by atoms with Crippen molar-refractivity contribution in [1.82, 2.24) is 15.1 Å². The summed E-state index contributed by atoms with van der Waals surface area (Å²) in [6.07, 6.45) is 3.41. The molecule has 0 aromatic heterocycles. The number of esters is 1. The van der Waals surface area contributed by atoms with Crippen molar-refractivity contribution < 1.29 is 52.8 Å². The van der Waals surface area contributed by atoms with Crippen LogP contribution in [0.2, 0.25) is 5.02 Å². The average Bonchev–Trinajstić information content (AvgIpc) is 3.16. The van der Waals surface area contributed by atoms with Crippen LogP contribution in [0.25, 0.3) is 0 Å². The first kappa shape index (κ1) is 47.2.